The van der Waals surface area contributed by atoms with E-state index < -0.39 is 10.5 Å². The summed E-state index contributed by atoms with van der Waals surface area (Å²) in [5.41, 5.74) is -0.686. The number of aromatic nitrogens is 2. The topological polar surface area (TPSA) is 72.5 Å². The van der Waals surface area contributed by atoms with Crippen molar-refractivity contribution in [2.45, 2.75) is 19.4 Å². The molecule has 0 amide bonds. The van der Waals surface area contributed by atoms with Crippen LogP contribution >= 0.6 is 11.3 Å². The predicted octanol–water partition coefficient (Wildman–Crippen LogP) is 2.13. The molecule has 0 unspecified atom stereocenters. The van der Waals surface area contributed by atoms with Crippen molar-refractivity contribution in [2.24, 2.45) is 0 Å². The van der Waals surface area contributed by atoms with E-state index in [9.17, 15) is 10.1 Å². The van der Waals surface area contributed by atoms with Crippen molar-refractivity contribution in [1.82, 2.24) is 9.38 Å². The number of nitrogens with zero attached hydrogens (tertiary/aromatic N) is 3. The van der Waals surface area contributed by atoms with Crippen LogP contribution in [0.5, 0.6) is 0 Å². The van der Waals surface area contributed by atoms with Gasteiger partial charge in [0.15, 0.2) is 0 Å². The Kier molecular flexibility index (Phi) is 2.52. The maximum Gasteiger partial charge on any atom is 0.372 e. The normalized spacial score (nSPS) is 11.4. The zero-order chi connectivity index (χ0) is 12.6. The van der Waals surface area contributed by atoms with Crippen LogP contribution < -0.4 is 5.32 Å². The second-order valence-corrected chi connectivity index (χ2v) is 4.86. The molecular formula is C10H10N4O2S. The van der Waals surface area contributed by atoms with Gasteiger partial charge in [0.25, 0.3) is 4.96 Å². The van der Waals surface area contributed by atoms with Gasteiger partial charge in [0.1, 0.15) is 6.20 Å². The van der Waals surface area contributed by atoms with Crippen LogP contribution in [0.3, 0.4) is 0 Å². The van der Waals surface area contributed by atoms with Crippen LogP contribution in [-0.4, -0.2) is 19.8 Å². The van der Waals surface area contributed by atoms with Crippen LogP contribution in [0, 0.1) is 22.5 Å². The van der Waals surface area contributed by atoms with Gasteiger partial charge in [0.2, 0.25) is 5.82 Å². The Bertz CT molecular complexity index is 620. The van der Waals surface area contributed by atoms with Gasteiger partial charge in [-0.3, -0.25) is 0 Å². The monoisotopic (exact) mass is 250 g/mol. The first-order valence-corrected chi connectivity index (χ1v) is 5.68. The highest BCUT2D eigenvalue weighted by molar-refractivity contribution is 7.15. The largest absolute Gasteiger partial charge is 0.372 e. The molecule has 0 fully saturated rings. The Balaban J connectivity index is 2.54. The molecule has 17 heavy (non-hydrogen) atoms. The van der Waals surface area contributed by atoms with Gasteiger partial charge < -0.3 is 15.4 Å². The van der Waals surface area contributed by atoms with Gasteiger partial charge in [-0.15, -0.1) is 6.42 Å². The molecule has 0 aliphatic carbocycles. The lowest BCUT2D eigenvalue weighted by atomic mass is 10.1. The molecule has 0 atom stereocenters. The van der Waals surface area contributed by atoms with E-state index in [0.717, 1.165) is 0 Å². The zero-order valence-electron chi connectivity index (χ0n) is 9.30. The minimum Gasteiger partial charge on any atom is -0.358 e. The summed E-state index contributed by atoms with van der Waals surface area (Å²) in [6.45, 7) is 3.51. The van der Waals surface area contributed by atoms with E-state index >= 15 is 0 Å². The number of rotatable bonds is 3. The van der Waals surface area contributed by atoms with Crippen LogP contribution in [0.25, 0.3) is 4.96 Å². The second-order valence-electron chi connectivity index (χ2n) is 3.99. The molecule has 2 heterocycles. The van der Waals surface area contributed by atoms with Gasteiger partial charge in [0, 0.05) is 5.38 Å². The van der Waals surface area contributed by atoms with Crippen molar-refractivity contribution in [3.8, 4) is 12.3 Å². The van der Waals surface area contributed by atoms with Crippen molar-refractivity contribution >= 4 is 27.9 Å². The molecule has 7 heteroatoms. The van der Waals surface area contributed by atoms with E-state index in [1.165, 1.54) is 15.7 Å². The summed E-state index contributed by atoms with van der Waals surface area (Å²) in [6, 6.07) is 0. The van der Waals surface area contributed by atoms with Crippen LogP contribution in [0.4, 0.5) is 11.6 Å². The van der Waals surface area contributed by atoms with Crippen LogP contribution in [0.2, 0.25) is 0 Å². The Morgan fingerprint density at radius 3 is 3.00 bits per heavy atom. The second kappa shape index (κ2) is 3.75. The van der Waals surface area contributed by atoms with Gasteiger partial charge in [-0.2, -0.15) is 9.38 Å². The number of thiazole rings is 1. The highest BCUT2D eigenvalue weighted by Crippen LogP contribution is 2.29. The minimum absolute atomic E-state index is 0.0930. The molecule has 0 aliphatic rings. The molecular weight excluding hydrogens is 240 g/mol. The number of anilines is 1. The Hall–Kier alpha value is -2.07. The maximum atomic E-state index is 11.0. The first-order valence-electron chi connectivity index (χ1n) is 4.80. The summed E-state index contributed by atoms with van der Waals surface area (Å²) < 4.78 is 1.43. The van der Waals surface area contributed by atoms with Crippen molar-refractivity contribution in [3.63, 3.8) is 0 Å². The molecule has 2 rings (SSSR count). The third-order valence-corrected chi connectivity index (χ3v) is 2.96. The number of terminal acetylenes is 1. The first kappa shape index (κ1) is 11.4. The standard InChI is InChI=1S/C10H10N4O2S/c1-4-10(2,3)12-7-8(14(15)16)13-5-6-17-9(13)11-7/h1,5-6,12H,2-3H3. The lowest BCUT2D eigenvalue weighted by Gasteiger charge is -2.18. The summed E-state index contributed by atoms with van der Waals surface area (Å²) in [5.74, 6) is 2.62. The molecule has 0 saturated heterocycles. The van der Waals surface area contributed by atoms with Gasteiger partial charge in [0.05, 0.1) is 5.54 Å². The molecule has 0 radical (unpaired) electrons. The molecule has 6 nitrogen and oxygen atoms in total. The van der Waals surface area contributed by atoms with E-state index in [-0.39, 0.29) is 11.6 Å². The van der Waals surface area contributed by atoms with Crippen LogP contribution in [-0.2, 0) is 0 Å². The van der Waals surface area contributed by atoms with E-state index in [4.69, 9.17) is 6.42 Å². The van der Waals surface area contributed by atoms with Crippen molar-refractivity contribution < 1.29 is 4.92 Å². The SMILES string of the molecule is C#CC(C)(C)Nc1nc2sccn2c1[N+](=O)[O-]. The fraction of sp³-hybridized carbons (Fsp3) is 0.300. The predicted molar refractivity (Wildman–Crippen MR) is 66.3 cm³/mol. The number of nitrogens with one attached hydrogen (secondary N) is 1. The quantitative estimate of drug-likeness (QED) is 0.514. The van der Waals surface area contributed by atoms with E-state index in [1.807, 2.05) is 0 Å². The van der Waals surface area contributed by atoms with Gasteiger partial charge in [-0.05, 0) is 18.8 Å². The minimum atomic E-state index is -0.686. The molecule has 0 spiro atoms. The van der Waals surface area contributed by atoms with E-state index in [2.05, 4.69) is 16.2 Å². The Morgan fingerprint density at radius 2 is 2.41 bits per heavy atom. The number of fused-ring (bicyclic) bond motifs is 1. The van der Waals surface area contributed by atoms with Gasteiger partial charge in [-0.1, -0.05) is 17.3 Å². The molecule has 88 valence electrons. The number of imidazole rings is 1. The lowest BCUT2D eigenvalue weighted by molar-refractivity contribution is -0.389. The number of nitro groups is 1. The molecule has 0 bridgehead atoms. The highest BCUT2D eigenvalue weighted by Gasteiger charge is 2.27. The van der Waals surface area contributed by atoms with E-state index in [0.29, 0.717) is 4.96 Å². The Morgan fingerprint density at radius 1 is 1.71 bits per heavy atom. The molecule has 1 N–H and O–H groups in total. The smallest absolute Gasteiger partial charge is 0.358 e. The summed E-state index contributed by atoms with van der Waals surface area (Å²) in [7, 11) is 0. The Labute approximate surface area is 101 Å². The summed E-state index contributed by atoms with van der Waals surface area (Å²) in [5, 5.41) is 15.7. The fourth-order valence-corrected chi connectivity index (χ4v) is 2.07. The third kappa shape index (κ3) is 1.94. The van der Waals surface area contributed by atoms with E-state index in [1.54, 1.807) is 25.4 Å². The molecule has 2 aromatic heterocycles. The molecule has 2 aromatic rings. The molecule has 0 aliphatic heterocycles. The van der Waals surface area contributed by atoms with Gasteiger partial charge >= 0.3 is 5.82 Å². The van der Waals surface area contributed by atoms with Crippen molar-refractivity contribution in [2.75, 3.05) is 5.32 Å². The molecule has 0 saturated carbocycles. The third-order valence-electron chi connectivity index (χ3n) is 2.20. The van der Waals surface area contributed by atoms with Crippen molar-refractivity contribution in [3.05, 3.63) is 21.7 Å². The number of hydrogen-bond acceptors (Lipinski definition) is 5. The fourth-order valence-electron chi connectivity index (χ4n) is 1.36. The molecule has 0 aromatic carbocycles. The lowest BCUT2D eigenvalue weighted by Crippen LogP contribution is -2.29. The highest BCUT2D eigenvalue weighted by atomic mass is 32.1. The van der Waals surface area contributed by atoms with Gasteiger partial charge in [-0.25, -0.2) is 0 Å². The maximum absolute atomic E-state index is 11.0. The van der Waals surface area contributed by atoms with Crippen LogP contribution in [0.15, 0.2) is 11.6 Å². The van der Waals surface area contributed by atoms with Crippen molar-refractivity contribution in [1.29, 1.82) is 0 Å². The summed E-state index contributed by atoms with van der Waals surface area (Å²) >= 11 is 1.33. The summed E-state index contributed by atoms with van der Waals surface area (Å²) in [6.07, 6.45) is 6.95. The first-order chi connectivity index (χ1) is 7.94. The summed E-state index contributed by atoms with van der Waals surface area (Å²) in [4.78, 5) is 15.3. The average molecular weight is 250 g/mol. The average Bonchev–Trinajstić information content (AvgIpc) is 2.75. The zero-order valence-corrected chi connectivity index (χ0v) is 10.1. The van der Waals surface area contributed by atoms with Crippen LogP contribution in [0.1, 0.15) is 13.8 Å². The number of hydrogen-bond donors (Lipinski definition) is 1.